The van der Waals surface area contributed by atoms with Gasteiger partial charge in [0.15, 0.2) is 5.96 Å². The lowest BCUT2D eigenvalue weighted by molar-refractivity contribution is 0.0676. The van der Waals surface area contributed by atoms with Crippen molar-refractivity contribution in [2.75, 3.05) is 34.4 Å². The molecule has 1 aliphatic heterocycles. The second kappa shape index (κ2) is 11.7. The third kappa shape index (κ3) is 7.56. The normalized spacial score (nSPS) is 16.5. The van der Waals surface area contributed by atoms with Crippen molar-refractivity contribution in [3.63, 3.8) is 0 Å². The molecule has 0 bridgehead atoms. The molecule has 6 heteroatoms. The molecule has 0 spiro atoms. The van der Waals surface area contributed by atoms with Crippen LogP contribution in [0.4, 0.5) is 0 Å². The van der Waals surface area contributed by atoms with Crippen LogP contribution in [0.15, 0.2) is 47.5 Å². The zero-order valence-electron chi connectivity index (χ0n) is 19.3. The third-order valence-corrected chi connectivity index (χ3v) is 5.29. The SMILES string of the molecule is CN=C(NCc1cccc(CN(C)C)c1)NCc1ccc(C)cc1OCC1CCCO1. The summed E-state index contributed by atoms with van der Waals surface area (Å²) in [5, 5.41) is 6.82. The van der Waals surface area contributed by atoms with Crippen molar-refractivity contribution < 1.29 is 9.47 Å². The fourth-order valence-corrected chi connectivity index (χ4v) is 3.69. The van der Waals surface area contributed by atoms with Gasteiger partial charge in [-0.2, -0.15) is 0 Å². The molecule has 3 rings (SSSR count). The summed E-state index contributed by atoms with van der Waals surface area (Å²) in [7, 11) is 5.96. The Hall–Kier alpha value is -2.57. The van der Waals surface area contributed by atoms with Crippen LogP contribution in [0.25, 0.3) is 0 Å². The molecule has 168 valence electrons. The molecule has 2 N–H and O–H groups in total. The molecule has 0 aliphatic carbocycles. The highest BCUT2D eigenvalue weighted by molar-refractivity contribution is 5.79. The first-order valence-corrected chi connectivity index (χ1v) is 11.0. The molecule has 1 fully saturated rings. The predicted octanol–water partition coefficient (Wildman–Crippen LogP) is 3.48. The van der Waals surface area contributed by atoms with Crippen molar-refractivity contribution in [1.82, 2.24) is 15.5 Å². The van der Waals surface area contributed by atoms with Gasteiger partial charge in [-0.1, -0.05) is 36.4 Å². The summed E-state index contributed by atoms with van der Waals surface area (Å²) in [5.41, 5.74) is 4.84. The van der Waals surface area contributed by atoms with Crippen molar-refractivity contribution in [2.24, 2.45) is 4.99 Å². The molecule has 1 heterocycles. The number of benzene rings is 2. The maximum atomic E-state index is 6.11. The maximum absolute atomic E-state index is 6.11. The molecule has 1 aliphatic rings. The third-order valence-electron chi connectivity index (χ3n) is 5.29. The van der Waals surface area contributed by atoms with Crippen LogP contribution in [0.5, 0.6) is 5.75 Å². The zero-order valence-corrected chi connectivity index (χ0v) is 19.3. The molecule has 0 aromatic heterocycles. The lowest BCUT2D eigenvalue weighted by atomic mass is 10.1. The number of aliphatic imine (C=N–C) groups is 1. The van der Waals surface area contributed by atoms with Crippen LogP contribution in [0.2, 0.25) is 0 Å². The Labute approximate surface area is 186 Å². The van der Waals surface area contributed by atoms with Gasteiger partial charge in [-0.25, -0.2) is 0 Å². The van der Waals surface area contributed by atoms with Gasteiger partial charge in [0.2, 0.25) is 0 Å². The molecule has 1 atom stereocenters. The minimum Gasteiger partial charge on any atom is -0.491 e. The first-order valence-electron chi connectivity index (χ1n) is 11.0. The molecule has 2 aromatic rings. The second-order valence-corrected chi connectivity index (χ2v) is 8.39. The standard InChI is InChI=1S/C25H36N4O2/c1-19-10-11-22(24(13-19)31-18-23-9-6-12-30-23)16-28-25(26-2)27-15-20-7-5-8-21(14-20)17-29(3)4/h5,7-8,10-11,13-14,23H,6,9,12,15-18H2,1-4H3,(H2,26,27,28). The van der Waals surface area contributed by atoms with E-state index in [0.717, 1.165) is 49.8 Å². The molecule has 31 heavy (non-hydrogen) atoms. The lowest BCUT2D eigenvalue weighted by Crippen LogP contribution is -2.36. The van der Waals surface area contributed by atoms with Gasteiger partial charge in [0.1, 0.15) is 12.4 Å². The van der Waals surface area contributed by atoms with E-state index in [9.17, 15) is 0 Å². The van der Waals surface area contributed by atoms with E-state index in [-0.39, 0.29) is 6.10 Å². The smallest absolute Gasteiger partial charge is 0.191 e. The Morgan fingerprint density at radius 2 is 1.94 bits per heavy atom. The van der Waals surface area contributed by atoms with Gasteiger partial charge in [-0.15, -0.1) is 0 Å². The number of rotatable bonds is 9. The van der Waals surface area contributed by atoms with E-state index in [1.165, 1.54) is 16.7 Å². The van der Waals surface area contributed by atoms with E-state index in [2.05, 4.69) is 84.0 Å². The fourth-order valence-electron chi connectivity index (χ4n) is 3.69. The lowest BCUT2D eigenvalue weighted by Gasteiger charge is -2.17. The molecular weight excluding hydrogens is 388 g/mol. The van der Waals surface area contributed by atoms with Crippen LogP contribution in [-0.4, -0.2) is 51.3 Å². The van der Waals surface area contributed by atoms with Gasteiger partial charge in [0.25, 0.3) is 0 Å². The fraction of sp³-hybridized carbons (Fsp3) is 0.480. The van der Waals surface area contributed by atoms with Crippen molar-refractivity contribution in [3.8, 4) is 5.75 Å². The minimum atomic E-state index is 0.207. The average molecular weight is 425 g/mol. The van der Waals surface area contributed by atoms with Gasteiger partial charge in [0.05, 0.1) is 6.10 Å². The molecule has 6 nitrogen and oxygen atoms in total. The van der Waals surface area contributed by atoms with E-state index in [1.807, 2.05) is 0 Å². The minimum absolute atomic E-state index is 0.207. The zero-order chi connectivity index (χ0) is 22.1. The van der Waals surface area contributed by atoms with Crippen molar-refractivity contribution >= 4 is 5.96 Å². The maximum Gasteiger partial charge on any atom is 0.191 e. The van der Waals surface area contributed by atoms with Gasteiger partial charge in [-0.05, 0) is 56.6 Å². The Morgan fingerprint density at radius 1 is 1.13 bits per heavy atom. The van der Waals surface area contributed by atoms with Crippen LogP contribution < -0.4 is 15.4 Å². The molecule has 0 amide bonds. The number of ether oxygens (including phenoxy) is 2. The van der Waals surface area contributed by atoms with Crippen molar-refractivity contribution in [2.45, 2.75) is 45.5 Å². The van der Waals surface area contributed by atoms with Crippen LogP contribution >= 0.6 is 0 Å². The van der Waals surface area contributed by atoms with Gasteiger partial charge in [0, 0.05) is 38.9 Å². The van der Waals surface area contributed by atoms with Crippen LogP contribution in [0, 0.1) is 6.92 Å². The monoisotopic (exact) mass is 424 g/mol. The highest BCUT2D eigenvalue weighted by atomic mass is 16.5. The van der Waals surface area contributed by atoms with E-state index < -0.39 is 0 Å². The number of hydrogen-bond donors (Lipinski definition) is 2. The number of nitrogens with zero attached hydrogens (tertiary/aromatic N) is 2. The second-order valence-electron chi connectivity index (χ2n) is 8.39. The Bertz CT molecular complexity index is 860. The van der Waals surface area contributed by atoms with Gasteiger partial charge >= 0.3 is 0 Å². The molecule has 0 saturated carbocycles. The van der Waals surface area contributed by atoms with Gasteiger partial charge in [-0.3, -0.25) is 4.99 Å². The van der Waals surface area contributed by atoms with E-state index in [1.54, 1.807) is 7.05 Å². The Kier molecular flexibility index (Phi) is 8.74. The first kappa shape index (κ1) is 23.1. The van der Waals surface area contributed by atoms with E-state index in [4.69, 9.17) is 9.47 Å². The number of guanidine groups is 1. The molecular formula is C25H36N4O2. The molecule has 1 saturated heterocycles. The first-order chi connectivity index (χ1) is 15.0. The number of nitrogens with one attached hydrogen (secondary N) is 2. The number of aryl methyl sites for hydroxylation is 1. The summed E-state index contributed by atoms with van der Waals surface area (Å²) in [6.45, 7) is 5.83. The highest BCUT2D eigenvalue weighted by Gasteiger charge is 2.17. The Morgan fingerprint density at radius 3 is 2.68 bits per heavy atom. The summed E-state index contributed by atoms with van der Waals surface area (Å²) in [6, 6.07) is 15.0. The van der Waals surface area contributed by atoms with Crippen LogP contribution in [0.1, 0.15) is 35.1 Å². The molecule has 2 aromatic carbocycles. The molecule has 1 unspecified atom stereocenters. The summed E-state index contributed by atoms with van der Waals surface area (Å²) >= 11 is 0. The predicted molar refractivity (Wildman–Crippen MR) is 127 cm³/mol. The topological polar surface area (TPSA) is 58.1 Å². The summed E-state index contributed by atoms with van der Waals surface area (Å²) in [6.07, 6.45) is 2.40. The number of hydrogen-bond acceptors (Lipinski definition) is 4. The van der Waals surface area contributed by atoms with Crippen molar-refractivity contribution in [1.29, 1.82) is 0 Å². The Balaban J connectivity index is 1.54. The van der Waals surface area contributed by atoms with E-state index >= 15 is 0 Å². The van der Waals surface area contributed by atoms with Crippen molar-refractivity contribution in [3.05, 3.63) is 64.7 Å². The summed E-state index contributed by atoms with van der Waals surface area (Å²) in [5.74, 6) is 1.68. The average Bonchev–Trinajstić information content (AvgIpc) is 3.27. The van der Waals surface area contributed by atoms with Gasteiger partial charge < -0.3 is 25.0 Å². The largest absolute Gasteiger partial charge is 0.491 e. The molecule has 0 radical (unpaired) electrons. The summed E-state index contributed by atoms with van der Waals surface area (Å²) < 4.78 is 11.8. The highest BCUT2D eigenvalue weighted by Crippen LogP contribution is 2.22. The summed E-state index contributed by atoms with van der Waals surface area (Å²) in [4.78, 5) is 6.54. The quantitative estimate of drug-likeness (QED) is 0.477. The van der Waals surface area contributed by atoms with Crippen LogP contribution in [-0.2, 0) is 24.4 Å². The van der Waals surface area contributed by atoms with Crippen LogP contribution in [0.3, 0.4) is 0 Å². The van der Waals surface area contributed by atoms with E-state index in [0.29, 0.717) is 13.2 Å².